The summed E-state index contributed by atoms with van der Waals surface area (Å²) in [6.07, 6.45) is -0.609. The van der Waals surface area contributed by atoms with Gasteiger partial charge in [-0.2, -0.15) is 0 Å². The van der Waals surface area contributed by atoms with Gasteiger partial charge in [-0.05, 0) is 47.1 Å². The topological polar surface area (TPSA) is 140 Å². The second-order valence-electron chi connectivity index (χ2n) is 12.5. The van der Waals surface area contributed by atoms with Crippen molar-refractivity contribution in [3.63, 3.8) is 0 Å². The van der Waals surface area contributed by atoms with Crippen LogP contribution in [0, 0.1) is 5.92 Å². The molecule has 3 amide bonds. The highest BCUT2D eigenvalue weighted by Gasteiger charge is 2.55. The third-order valence-electron chi connectivity index (χ3n) is 9.27. The molecule has 0 saturated carbocycles. The number of amides is 3. The van der Waals surface area contributed by atoms with Crippen LogP contribution in [0.2, 0.25) is 0 Å². The number of imide groups is 1. The Labute approximate surface area is 307 Å². The first kappa shape index (κ1) is 37.0. The van der Waals surface area contributed by atoms with Crippen LogP contribution in [-0.4, -0.2) is 88.5 Å². The fraction of sp³-hybridized carbons (Fsp3) is 0.220. The fourth-order valence-corrected chi connectivity index (χ4v) is 11.2. The molecule has 0 unspecified atom stereocenters. The maximum absolute atomic E-state index is 14.6. The highest BCUT2D eigenvalue weighted by Crippen LogP contribution is 2.50. The molecule has 53 heavy (non-hydrogen) atoms. The number of rotatable bonds is 14. The number of β-lactam (4-membered cyclic amide) rings is 1. The quantitative estimate of drug-likeness (QED) is 0.0676. The average Bonchev–Trinajstić information content (AvgIpc) is 3.62. The zero-order chi connectivity index (χ0) is 37.5. The number of ether oxygens (including phenoxy) is 3. The maximum Gasteiger partial charge on any atom is 0.416 e. The maximum atomic E-state index is 14.6. The number of hydrogen-bond acceptors (Lipinski definition) is 9. The van der Waals surface area contributed by atoms with Crippen LogP contribution in [0.3, 0.4) is 0 Å². The lowest BCUT2D eigenvalue weighted by atomic mass is 9.79. The van der Waals surface area contributed by atoms with E-state index in [1.54, 1.807) is 0 Å². The number of aliphatic hydroxyl groups is 1. The SMILES string of the molecule is C=CCOC(=O)C(N1C(=O)[C@H]([C@@H](C)O)[C@H]1CC(=O)c1ccc(OCC(=O)N2CCOC2=O)cc1)=P(c1ccccc1)(c1ccccc1)c1ccccc1. The molecule has 4 aromatic carbocycles. The lowest BCUT2D eigenvalue weighted by Crippen LogP contribution is -2.68. The Morgan fingerprint density at radius 3 is 1.91 bits per heavy atom. The van der Waals surface area contributed by atoms with Crippen LogP contribution in [0.1, 0.15) is 23.7 Å². The number of hydrogen-bond donors (Lipinski definition) is 1. The van der Waals surface area contributed by atoms with Gasteiger partial charge in [-0.3, -0.25) is 14.4 Å². The first-order chi connectivity index (χ1) is 25.7. The summed E-state index contributed by atoms with van der Waals surface area (Å²) in [6, 6.07) is 33.7. The van der Waals surface area contributed by atoms with Crippen LogP contribution in [0.5, 0.6) is 5.75 Å². The van der Waals surface area contributed by atoms with E-state index in [0.29, 0.717) is 11.3 Å². The highest BCUT2D eigenvalue weighted by atomic mass is 31.2. The normalized spacial score (nSPS) is 17.3. The van der Waals surface area contributed by atoms with Crippen molar-refractivity contribution in [2.24, 2.45) is 5.92 Å². The molecule has 0 spiro atoms. The molecule has 2 saturated heterocycles. The van der Waals surface area contributed by atoms with Gasteiger partial charge in [-0.25, -0.2) is 14.5 Å². The van der Waals surface area contributed by atoms with Gasteiger partial charge in [0.25, 0.3) is 5.91 Å². The second kappa shape index (κ2) is 16.3. The lowest BCUT2D eigenvalue weighted by molar-refractivity contribution is -0.157. The van der Waals surface area contributed by atoms with Gasteiger partial charge in [0.15, 0.2) is 12.4 Å². The van der Waals surface area contributed by atoms with E-state index in [4.69, 9.17) is 14.2 Å². The molecule has 272 valence electrons. The molecule has 0 radical (unpaired) electrons. The summed E-state index contributed by atoms with van der Waals surface area (Å²) in [4.78, 5) is 69.3. The first-order valence-corrected chi connectivity index (χ1v) is 18.9. The van der Waals surface area contributed by atoms with Gasteiger partial charge in [-0.15, -0.1) is 0 Å². The Kier molecular flexibility index (Phi) is 11.4. The van der Waals surface area contributed by atoms with Gasteiger partial charge >= 0.3 is 12.1 Å². The van der Waals surface area contributed by atoms with Crippen LogP contribution >= 0.6 is 6.89 Å². The van der Waals surface area contributed by atoms with Crippen LogP contribution in [0.15, 0.2) is 128 Å². The minimum absolute atomic E-state index is 0.0953. The zero-order valence-corrected chi connectivity index (χ0v) is 30.0. The Balaban J connectivity index is 1.43. The summed E-state index contributed by atoms with van der Waals surface area (Å²) in [5.41, 5.74) is 0.388. The highest BCUT2D eigenvalue weighted by molar-refractivity contribution is 7.96. The molecule has 2 aliphatic rings. The van der Waals surface area contributed by atoms with Crippen LogP contribution in [-0.2, 0) is 23.9 Å². The van der Waals surface area contributed by atoms with Gasteiger partial charge in [0.2, 0.25) is 5.91 Å². The molecule has 2 fully saturated rings. The number of aliphatic hydroxyl groups excluding tert-OH is 1. The number of esters is 1. The average molecular weight is 735 g/mol. The summed E-state index contributed by atoms with van der Waals surface area (Å²) in [5, 5.41) is 13.3. The predicted octanol–water partition coefficient (Wildman–Crippen LogP) is 3.68. The number of benzene rings is 4. The zero-order valence-electron chi connectivity index (χ0n) is 29.1. The summed E-state index contributed by atoms with van der Waals surface area (Å²) in [5.74, 6) is -2.80. The van der Waals surface area contributed by atoms with Crippen molar-refractivity contribution < 1.29 is 43.3 Å². The lowest BCUT2D eigenvalue weighted by Gasteiger charge is -2.50. The Hall–Kier alpha value is -5.77. The third-order valence-corrected chi connectivity index (χ3v) is 13.5. The molecule has 0 aromatic heterocycles. The standard InChI is InChI=1S/C41H39N2O9P/c1-3-24-50-40(48)39(53(31-13-7-4-8-14-31,32-15-9-5-10-16-32)33-17-11-6-12-18-33)43-34(37(28(2)44)38(43)47)26-35(45)29-19-21-30(22-20-29)52-27-36(46)42-23-25-51-41(42)49/h3-22,28,34,37,44H,1,23-27H2,2H3/t28-,34-,37-/m1/s1. The van der Waals surface area contributed by atoms with E-state index in [1.807, 2.05) is 91.0 Å². The Bertz CT molecular complexity index is 1950. The second-order valence-corrected chi connectivity index (χ2v) is 15.8. The van der Waals surface area contributed by atoms with Crippen molar-refractivity contribution >= 4 is 57.9 Å². The molecule has 6 rings (SSSR count). The fourth-order valence-electron chi connectivity index (χ4n) is 6.83. The van der Waals surface area contributed by atoms with Gasteiger partial charge in [-0.1, -0.05) is 104 Å². The molecule has 12 heteroatoms. The summed E-state index contributed by atoms with van der Waals surface area (Å²) in [7, 11) is 0. The van der Waals surface area contributed by atoms with E-state index < -0.39 is 55.4 Å². The number of likely N-dealkylation sites (tertiary alicyclic amines) is 1. The molecule has 1 N–H and O–H groups in total. The van der Waals surface area contributed by atoms with Crippen LogP contribution < -0.4 is 20.7 Å². The summed E-state index contributed by atoms with van der Waals surface area (Å²) < 4.78 is 16.1. The number of nitrogens with zero attached hydrogens (tertiary/aromatic N) is 2. The van der Waals surface area contributed by atoms with E-state index in [1.165, 1.54) is 42.2 Å². The van der Waals surface area contributed by atoms with E-state index >= 15 is 0 Å². The summed E-state index contributed by atoms with van der Waals surface area (Å²) in [6.45, 7) is 1.76. The molecule has 4 aromatic rings. The number of carbonyl (C=O) groups excluding carboxylic acids is 5. The van der Waals surface area contributed by atoms with Crippen LogP contribution in [0.4, 0.5) is 4.79 Å². The molecule has 11 nitrogen and oxygen atoms in total. The number of ketones is 1. The van der Waals surface area contributed by atoms with Crippen molar-refractivity contribution in [2.75, 3.05) is 26.4 Å². The van der Waals surface area contributed by atoms with Gasteiger partial charge in [0, 0.05) is 18.9 Å². The molecular formula is C41H39N2O9P. The summed E-state index contributed by atoms with van der Waals surface area (Å²) >= 11 is 0. The minimum Gasteiger partial charge on any atom is -0.484 e. The van der Waals surface area contributed by atoms with Crippen molar-refractivity contribution in [1.82, 2.24) is 9.80 Å². The van der Waals surface area contributed by atoms with Crippen molar-refractivity contribution in [2.45, 2.75) is 25.5 Å². The van der Waals surface area contributed by atoms with Crippen molar-refractivity contribution in [3.05, 3.63) is 133 Å². The predicted molar refractivity (Wildman–Crippen MR) is 201 cm³/mol. The third kappa shape index (κ3) is 7.31. The molecule has 3 atom stereocenters. The monoisotopic (exact) mass is 734 g/mol. The van der Waals surface area contributed by atoms with E-state index in [9.17, 15) is 29.1 Å². The Morgan fingerprint density at radius 2 is 1.43 bits per heavy atom. The molecule has 0 aliphatic carbocycles. The number of carbonyl (C=O) groups is 5. The van der Waals surface area contributed by atoms with Crippen molar-refractivity contribution in [3.8, 4) is 5.75 Å². The number of Topliss-reactive ketones (excluding diaryl/α,β-unsaturated/α-hetero) is 1. The van der Waals surface area contributed by atoms with E-state index in [-0.39, 0.29) is 37.4 Å². The Morgan fingerprint density at radius 1 is 0.887 bits per heavy atom. The van der Waals surface area contributed by atoms with Gasteiger partial charge in [0.1, 0.15) is 24.4 Å². The largest absolute Gasteiger partial charge is 0.484 e. The first-order valence-electron chi connectivity index (χ1n) is 17.1. The van der Waals surface area contributed by atoms with E-state index in [2.05, 4.69) is 6.58 Å². The van der Waals surface area contributed by atoms with Crippen LogP contribution in [0.25, 0.3) is 0 Å². The van der Waals surface area contributed by atoms with E-state index in [0.717, 1.165) is 20.8 Å². The molecule has 2 aliphatic heterocycles. The molecule has 0 bridgehead atoms. The smallest absolute Gasteiger partial charge is 0.416 e. The van der Waals surface area contributed by atoms with Gasteiger partial charge in [0.05, 0.1) is 24.6 Å². The van der Waals surface area contributed by atoms with Crippen molar-refractivity contribution in [1.29, 1.82) is 0 Å². The molecular weight excluding hydrogens is 695 g/mol. The number of cyclic esters (lactones) is 1. The molecule has 2 heterocycles. The van der Waals surface area contributed by atoms with Gasteiger partial charge < -0.3 is 24.2 Å². The minimum atomic E-state index is -3.22.